The average molecular weight is 389 g/mol. The first-order chi connectivity index (χ1) is 13.3. The number of nitroso groups, excluding NO2 is 1. The van der Waals surface area contributed by atoms with Crippen molar-refractivity contribution in [2.24, 2.45) is 5.18 Å². The zero-order valence-corrected chi connectivity index (χ0v) is 16.9. The molecule has 0 aliphatic carbocycles. The summed E-state index contributed by atoms with van der Waals surface area (Å²) in [6.07, 6.45) is 9.09. The fourth-order valence-corrected chi connectivity index (χ4v) is 2.06. The lowest BCUT2D eigenvalue weighted by Gasteiger charge is -2.22. The summed E-state index contributed by atoms with van der Waals surface area (Å²) in [4.78, 5) is 33.1. The Labute approximate surface area is 166 Å². The fourth-order valence-electron chi connectivity index (χ4n) is 2.06. The number of halogens is 1. The first-order valence-corrected chi connectivity index (χ1v) is 8.76. The predicted molar refractivity (Wildman–Crippen MR) is 111 cm³/mol. The van der Waals surface area contributed by atoms with Crippen LogP contribution in [0, 0.1) is 17.6 Å². The molecule has 0 fully saturated rings. The summed E-state index contributed by atoms with van der Waals surface area (Å²) in [5.41, 5.74) is 2.29. The first-order valence-electron chi connectivity index (χ1n) is 8.76. The standard InChI is InChI=1S/C19H25FN2O.C2H3NO2/c1-5-6-7-9-17(3)21(4)12-8-13-22(15-23)18-11-10-16(2)19(20)14-18;1-2(4)3-5/h5-7,9-11,14-15H,1,8,12-13H2,2-4H3;1H3/b7-6-,17-9+;. The van der Waals surface area contributed by atoms with Gasteiger partial charge in [0.25, 0.3) is 5.91 Å². The molecule has 0 bridgehead atoms. The highest BCUT2D eigenvalue weighted by Gasteiger charge is 2.08. The van der Waals surface area contributed by atoms with Crippen LogP contribution in [0.2, 0.25) is 0 Å². The summed E-state index contributed by atoms with van der Waals surface area (Å²) < 4.78 is 13.6. The Kier molecular flexibility index (Phi) is 12.5. The number of carbonyl (C=O) groups excluding carboxylic acids is 2. The molecule has 2 amide bonds. The van der Waals surface area contributed by atoms with Gasteiger partial charge in [-0.3, -0.25) is 9.59 Å². The van der Waals surface area contributed by atoms with Crippen LogP contribution in [0.1, 0.15) is 25.8 Å². The lowest BCUT2D eigenvalue weighted by molar-refractivity contribution is -0.115. The summed E-state index contributed by atoms with van der Waals surface area (Å²) in [6.45, 7) is 9.82. The fraction of sp³-hybridized carbons (Fsp3) is 0.333. The molecule has 7 heteroatoms. The molecule has 0 radical (unpaired) electrons. The molecule has 1 aromatic rings. The van der Waals surface area contributed by atoms with Gasteiger partial charge < -0.3 is 9.80 Å². The van der Waals surface area contributed by atoms with E-state index >= 15 is 0 Å². The van der Waals surface area contributed by atoms with Gasteiger partial charge in [-0.25, -0.2) is 4.39 Å². The highest BCUT2D eigenvalue weighted by Crippen LogP contribution is 2.17. The lowest BCUT2D eigenvalue weighted by Crippen LogP contribution is -2.26. The largest absolute Gasteiger partial charge is 0.378 e. The van der Waals surface area contributed by atoms with Gasteiger partial charge in [0.1, 0.15) is 5.82 Å². The summed E-state index contributed by atoms with van der Waals surface area (Å²) in [5.74, 6) is -0.968. The highest BCUT2D eigenvalue weighted by molar-refractivity contribution is 5.75. The molecule has 0 spiro atoms. The topological polar surface area (TPSA) is 70.1 Å². The van der Waals surface area contributed by atoms with E-state index in [0.717, 1.165) is 32.0 Å². The molecule has 0 aliphatic heterocycles. The predicted octanol–water partition coefficient (Wildman–Crippen LogP) is 4.36. The van der Waals surface area contributed by atoms with Crippen LogP contribution in [-0.4, -0.2) is 37.4 Å². The molecule has 152 valence electrons. The third kappa shape index (κ3) is 10.2. The highest BCUT2D eigenvalue weighted by atomic mass is 19.1. The minimum absolute atomic E-state index is 0.292. The Hall–Kier alpha value is -3.09. The molecule has 0 aromatic heterocycles. The van der Waals surface area contributed by atoms with Gasteiger partial charge in [0.05, 0.1) is 0 Å². The van der Waals surface area contributed by atoms with Gasteiger partial charge in [0.2, 0.25) is 6.41 Å². The maximum Gasteiger partial charge on any atom is 0.283 e. The molecule has 0 aliphatic rings. The summed E-state index contributed by atoms with van der Waals surface area (Å²) in [5, 5.41) is 2.00. The molecule has 0 heterocycles. The van der Waals surface area contributed by atoms with Crippen LogP contribution in [-0.2, 0) is 9.59 Å². The van der Waals surface area contributed by atoms with Gasteiger partial charge in [-0.05, 0) is 44.0 Å². The maximum atomic E-state index is 13.6. The summed E-state index contributed by atoms with van der Waals surface area (Å²) >= 11 is 0. The number of benzene rings is 1. The lowest BCUT2D eigenvalue weighted by atomic mass is 10.2. The number of anilines is 1. The van der Waals surface area contributed by atoms with Crippen LogP contribution < -0.4 is 4.90 Å². The third-order valence-corrected chi connectivity index (χ3v) is 3.82. The van der Waals surface area contributed by atoms with Gasteiger partial charge in [0.15, 0.2) is 0 Å². The number of rotatable bonds is 9. The number of amides is 2. The Morgan fingerprint density at radius 2 is 1.89 bits per heavy atom. The van der Waals surface area contributed by atoms with Crippen molar-refractivity contribution in [1.82, 2.24) is 4.90 Å². The van der Waals surface area contributed by atoms with E-state index in [9.17, 15) is 14.0 Å². The Bertz CT molecular complexity index is 730. The number of aryl methyl sites for hydroxylation is 1. The minimum atomic E-state index is -0.676. The minimum Gasteiger partial charge on any atom is -0.378 e. The monoisotopic (exact) mass is 389 g/mol. The number of allylic oxidation sites excluding steroid dienone is 5. The van der Waals surface area contributed by atoms with Crippen molar-refractivity contribution >= 4 is 18.0 Å². The third-order valence-electron chi connectivity index (χ3n) is 3.82. The van der Waals surface area contributed by atoms with Gasteiger partial charge >= 0.3 is 0 Å². The molecular formula is C21H28FN3O3. The molecular weight excluding hydrogens is 361 g/mol. The van der Waals surface area contributed by atoms with Gasteiger partial charge in [-0.1, -0.05) is 30.9 Å². The second kappa shape index (κ2) is 14.0. The number of hydrogen-bond acceptors (Lipinski definition) is 4. The Morgan fingerprint density at radius 1 is 1.25 bits per heavy atom. The van der Waals surface area contributed by atoms with E-state index < -0.39 is 5.91 Å². The zero-order chi connectivity index (χ0) is 21.5. The van der Waals surface area contributed by atoms with Crippen LogP contribution in [0.5, 0.6) is 0 Å². The van der Waals surface area contributed by atoms with E-state index in [2.05, 4.69) is 11.5 Å². The molecule has 1 aromatic carbocycles. The van der Waals surface area contributed by atoms with Crippen LogP contribution in [0.4, 0.5) is 10.1 Å². The average Bonchev–Trinajstić information content (AvgIpc) is 2.67. The van der Waals surface area contributed by atoms with Crippen LogP contribution >= 0.6 is 0 Å². The molecule has 1 rings (SSSR count). The normalized spacial score (nSPS) is 10.7. The van der Waals surface area contributed by atoms with Gasteiger partial charge in [-0.15, -0.1) is 4.91 Å². The van der Waals surface area contributed by atoms with Crippen LogP contribution in [0.25, 0.3) is 0 Å². The molecule has 28 heavy (non-hydrogen) atoms. The van der Waals surface area contributed by atoms with E-state index in [1.54, 1.807) is 25.1 Å². The van der Waals surface area contributed by atoms with E-state index in [1.807, 2.05) is 37.4 Å². The van der Waals surface area contributed by atoms with E-state index in [0.29, 0.717) is 17.8 Å². The Morgan fingerprint density at radius 3 is 2.39 bits per heavy atom. The summed E-state index contributed by atoms with van der Waals surface area (Å²) in [7, 11) is 2.00. The molecule has 0 N–H and O–H groups in total. The van der Waals surface area contributed by atoms with Gasteiger partial charge in [0, 0.05) is 43.6 Å². The van der Waals surface area contributed by atoms with E-state index in [1.165, 1.54) is 11.0 Å². The SMILES string of the molecule is C=C/C=C\C=C(/C)N(C)CCCN(C=O)c1ccc(C)c(F)c1.CC(=O)N=O. The van der Waals surface area contributed by atoms with Gasteiger partial charge in [-0.2, -0.15) is 0 Å². The van der Waals surface area contributed by atoms with Crippen molar-refractivity contribution in [3.63, 3.8) is 0 Å². The first kappa shape index (κ1) is 24.9. The molecule has 6 nitrogen and oxygen atoms in total. The van der Waals surface area contributed by atoms with Crippen molar-refractivity contribution in [2.45, 2.75) is 27.2 Å². The molecule has 0 unspecified atom stereocenters. The van der Waals surface area contributed by atoms with Crippen molar-refractivity contribution in [2.75, 3.05) is 25.0 Å². The molecule has 0 saturated carbocycles. The molecule has 0 atom stereocenters. The van der Waals surface area contributed by atoms with Crippen LogP contribution in [0.3, 0.4) is 0 Å². The Balaban J connectivity index is 0.00000129. The second-order valence-electron chi connectivity index (χ2n) is 6.05. The smallest absolute Gasteiger partial charge is 0.283 e. The second-order valence-corrected chi connectivity index (χ2v) is 6.05. The number of nitrogens with zero attached hydrogens (tertiary/aromatic N) is 3. The zero-order valence-electron chi connectivity index (χ0n) is 16.9. The van der Waals surface area contributed by atoms with Crippen molar-refractivity contribution in [1.29, 1.82) is 0 Å². The number of carbonyl (C=O) groups is 2. The van der Waals surface area contributed by atoms with Crippen molar-refractivity contribution < 1.29 is 14.0 Å². The summed E-state index contributed by atoms with van der Waals surface area (Å²) in [6, 6.07) is 4.85. The quantitative estimate of drug-likeness (QED) is 0.357. The van der Waals surface area contributed by atoms with Crippen molar-refractivity contribution in [3.05, 3.63) is 71.1 Å². The van der Waals surface area contributed by atoms with Crippen molar-refractivity contribution in [3.8, 4) is 0 Å². The molecule has 0 saturated heterocycles. The van der Waals surface area contributed by atoms with E-state index in [-0.39, 0.29) is 5.82 Å². The van der Waals surface area contributed by atoms with Crippen LogP contribution in [0.15, 0.2) is 60.0 Å². The number of hydrogen-bond donors (Lipinski definition) is 0. The maximum absolute atomic E-state index is 13.6. The van der Waals surface area contributed by atoms with E-state index in [4.69, 9.17) is 4.91 Å².